The van der Waals surface area contributed by atoms with Crippen molar-refractivity contribution in [2.24, 2.45) is 0 Å². The van der Waals surface area contributed by atoms with E-state index in [1.54, 1.807) is 45.3 Å². The average Bonchev–Trinajstić information content (AvgIpc) is 3.63. The van der Waals surface area contributed by atoms with Gasteiger partial charge in [-0.3, -0.25) is 9.59 Å². The molecule has 0 amide bonds. The van der Waals surface area contributed by atoms with Crippen molar-refractivity contribution >= 4 is 81.4 Å². The molecule has 0 saturated carbocycles. The SMILES string of the molecule is CCCCSc1ccsc1-c1cc(C=O)c(-c2sc(-c3sccc3SCCCC)cc2C=O)s1. The molecule has 34 heavy (non-hydrogen) atoms. The summed E-state index contributed by atoms with van der Waals surface area (Å²) in [6.45, 7) is 4.42. The van der Waals surface area contributed by atoms with Crippen molar-refractivity contribution in [2.75, 3.05) is 11.5 Å². The molecule has 2 nitrogen and oxygen atoms in total. The lowest BCUT2D eigenvalue weighted by atomic mass is 10.1. The van der Waals surface area contributed by atoms with Crippen molar-refractivity contribution in [1.82, 2.24) is 0 Å². The molecule has 0 spiro atoms. The molecule has 0 N–H and O–H groups in total. The van der Waals surface area contributed by atoms with Gasteiger partial charge in [-0.25, -0.2) is 0 Å². The summed E-state index contributed by atoms with van der Waals surface area (Å²) in [4.78, 5) is 33.1. The number of thiophene rings is 4. The van der Waals surface area contributed by atoms with Gasteiger partial charge in [0, 0.05) is 30.7 Å². The molecular formula is C26H26O2S6. The predicted molar refractivity (Wildman–Crippen MR) is 156 cm³/mol. The smallest absolute Gasteiger partial charge is 0.151 e. The normalized spacial score (nSPS) is 11.2. The first kappa shape index (κ1) is 25.9. The Balaban J connectivity index is 1.69. The lowest BCUT2D eigenvalue weighted by Gasteiger charge is -2.01. The van der Waals surface area contributed by atoms with Gasteiger partial charge in [0.05, 0.1) is 19.5 Å². The van der Waals surface area contributed by atoms with Gasteiger partial charge in [0.15, 0.2) is 12.6 Å². The van der Waals surface area contributed by atoms with Crippen molar-refractivity contribution in [1.29, 1.82) is 0 Å². The summed E-state index contributed by atoms with van der Waals surface area (Å²) < 4.78 is 0. The van der Waals surface area contributed by atoms with Gasteiger partial charge in [-0.1, -0.05) is 26.7 Å². The third kappa shape index (κ3) is 5.79. The Morgan fingerprint density at radius 3 is 1.53 bits per heavy atom. The zero-order valence-corrected chi connectivity index (χ0v) is 24.0. The van der Waals surface area contributed by atoms with E-state index in [0.29, 0.717) is 11.1 Å². The predicted octanol–water partition coefficient (Wildman–Crippen LogP) is 10.3. The van der Waals surface area contributed by atoms with Crippen LogP contribution < -0.4 is 0 Å². The molecule has 0 aromatic carbocycles. The fourth-order valence-corrected chi connectivity index (χ4v) is 10.7. The van der Waals surface area contributed by atoms with Crippen LogP contribution in [0.1, 0.15) is 60.2 Å². The van der Waals surface area contributed by atoms with Crippen LogP contribution in [0.15, 0.2) is 44.8 Å². The molecule has 4 aromatic heterocycles. The molecule has 8 heteroatoms. The van der Waals surface area contributed by atoms with E-state index in [4.69, 9.17) is 0 Å². The monoisotopic (exact) mass is 562 g/mol. The van der Waals surface area contributed by atoms with Crippen LogP contribution in [0.3, 0.4) is 0 Å². The van der Waals surface area contributed by atoms with Crippen molar-refractivity contribution in [3.63, 3.8) is 0 Å². The Morgan fingerprint density at radius 1 is 0.706 bits per heavy atom. The molecular weight excluding hydrogens is 537 g/mol. The second kappa shape index (κ2) is 12.7. The van der Waals surface area contributed by atoms with Crippen LogP contribution in [-0.4, -0.2) is 24.1 Å². The van der Waals surface area contributed by atoms with Crippen LogP contribution in [0.5, 0.6) is 0 Å². The molecule has 0 saturated heterocycles. The number of hydrogen-bond acceptors (Lipinski definition) is 8. The van der Waals surface area contributed by atoms with Crippen LogP contribution in [-0.2, 0) is 0 Å². The summed E-state index contributed by atoms with van der Waals surface area (Å²) in [7, 11) is 0. The molecule has 0 fully saturated rings. The Hall–Kier alpha value is -1.16. The first-order valence-corrected chi connectivity index (χ1v) is 16.7. The van der Waals surface area contributed by atoms with E-state index in [2.05, 4.69) is 36.7 Å². The molecule has 4 rings (SSSR count). The summed E-state index contributed by atoms with van der Waals surface area (Å²) in [6.07, 6.45) is 6.61. The Bertz CT molecular complexity index is 1150. The molecule has 0 aliphatic rings. The van der Waals surface area contributed by atoms with Crippen LogP contribution in [0, 0.1) is 0 Å². The van der Waals surface area contributed by atoms with E-state index >= 15 is 0 Å². The minimum atomic E-state index is 0.665. The maximum atomic E-state index is 12.0. The summed E-state index contributed by atoms with van der Waals surface area (Å²) in [5.41, 5.74) is 1.33. The average molecular weight is 563 g/mol. The highest BCUT2D eigenvalue weighted by atomic mass is 32.2. The summed E-state index contributed by atoms with van der Waals surface area (Å²) in [5, 5.41) is 4.25. The fourth-order valence-electron chi connectivity index (χ4n) is 3.40. The molecule has 0 radical (unpaired) electrons. The largest absolute Gasteiger partial charge is 0.298 e. The molecule has 4 heterocycles. The standard InChI is InChI=1S/C26H26O2S6/c1-3-5-9-29-19-7-11-31-25(19)21-13-17(15-27)23(33-21)24-18(16-28)14-22(34-24)26-20(8-12-32-26)30-10-6-4-2/h7-8,11-16H,3-6,9-10H2,1-2H3. The van der Waals surface area contributed by atoms with Gasteiger partial charge >= 0.3 is 0 Å². The maximum absolute atomic E-state index is 12.0. The topological polar surface area (TPSA) is 34.1 Å². The van der Waals surface area contributed by atoms with Gasteiger partial charge in [0.1, 0.15) is 0 Å². The third-order valence-electron chi connectivity index (χ3n) is 5.20. The fraction of sp³-hybridized carbons (Fsp3) is 0.308. The first-order chi connectivity index (χ1) is 16.7. The van der Waals surface area contributed by atoms with Crippen molar-refractivity contribution in [3.05, 3.63) is 46.2 Å². The number of rotatable bonds is 13. The summed E-state index contributed by atoms with van der Waals surface area (Å²) >= 11 is 10.5. The Kier molecular flexibility index (Phi) is 9.68. The Morgan fingerprint density at radius 2 is 1.15 bits per heavy atom. The van der Waals surface area contributed by atoms with Gasteiger partial charge in [0.2, 0.25) is 0 Å². The van der Waals surface area contributed by atoms with Crippen molar-refractivity contribution in [2.45, 2.75) is 49.3 Å². The molecule has 0 bridgehead atoms. The van der Waals surface area contributed by atoms with Gasteiger partial charge in [-0.15, -0.1) is 68.9 Å². The number of aldehydes is 2. The van der Waals surface area contributed by atoms with Crippen LogP contribution in [0.25, 0.3) is 29.3 Å². The van der Waals surface area contributed by atoms with Gasteiger partial charge in [0.25, 0.3) is 0 Å². The lowest BCUT2D eigenvalue weighted by molar-refractivity contribution is 0.111. The minimum absolute atomic E-state index is 0.665. The summed E-state index contributed by atoms with van der Waals surface area (Å²) in [6, 6.07) is 8.34. The van der Waals surface area contributed by atoms with E-state index in [-0.39, 0.29) is 0 Å². The minimum Gasteiger partial charge on any atom is -0.298 e. The molecule has 0 aliphatic heterocycles. The molecule has 0 aliphatic carbocycles. The second-order valence-electron chi connectivity index (χ2n) is 7.66. The van der Waals surface area contributed by atoms with Crippen molar-refractivity contribution in [3.8, 4) is 29.3 Å². The number of unbranched alkanes of at least 4 members (excludes halogenated alkanes) is 2. The molecule has 0 atom stereocenters. The highest BCUT2D eigenvalue weighted by Crippen LogP contribution is 2.49. The van der Waals surface area contributed by atoms with Crippen LogP contribution in [0.2, 0.25) is 0 Å². The second-order valence-corrected chi connectivity index (χ2v) is 13.9. The molecule has 178 valence electrons. The number of hydrogen-bond donors (Lipinski definition) is 0. The zero-order valence-electron chi connectivity index (χ0n) is 19.1. The van der Waals surface area contributed by atoms with E-state index in [1.165, 1.54) is 45.2 Å². The molecule has 0 unspecified atom stereocenters. The zero-order chi connectivity index (χ0) is 23.9. The molecule has 4 aromatic rings. The number of thioether (sulfide) groups is 2. The van der Waals surface area contributed by atoms with Crippen LogP contribution in [0.4, 0.5) is 0 Å². The highest BCUT2D eigenvalue weighted by Gasteiger charge is 2.21. The summed E-state index contributed by atoms with van der Waals surface area (Å²) in [5.74, 6) is 2.20. The quantitative estimate of drug-likeness (QED) is 0.0922. The number of carbonyl (C=O) groups excluding carboxylic acids is 2. The van der Waals surface area contributed by atoms with Gasteiger partial charge < -0.3 is 0 Å². The maximum Gasteiger partial charge on any atom is 0.151 e. The van der Waals surface area contributed by atoms with Crippen molar-refractivity contribution < 1.29 is 9.59 Å². The van der Waals surface area contributed by atoms with Gasteiger partial charge in [-0.05, 0) is 59.4 Å². The van der Waals surface area contributed by atoms with E-state index in [0.717, 1.165) is 43.6 Å². The van der Waals surface area contributed by atoms with Gasteiger partial charge in [-0.2, -0.15) is 0 Å². The third-order valence-corrected chi connectivity index (χ3v) is 12.4. The van der Waals surface area contributed by atoms with E-state index in [9.17, 15) is 9.59 Å². The Labute approximate surface area is 225 Å². The highest BCUT2D eigenvalue weighted by molar-refractivity contribution is 7.99. The van der Waals surface area contributed by atoms with E-state index < -0.39 is 0 Å². The van der Waals surface area contributed by atoms with E-state index in [1.807, 2.05) is 35.7 Å². The van der Waals surface area contributed by atoms with Crippen LogP contribution >= 0.6 is 68.9 Å². The first-order valence-electron chi connectivity index (χ1n) is 11.3. The lowest BCUT2D eigenvalue weighted by Crippen LogP contribution is -1.81. The number of carbonyl (C=O) groups is 2.